The number of rotatable bonds is 3. The number of amides is 2. The number of hydrogen-bond acceptors (Lipinski definition) is 3. The molecule has 1 aromatic heterocycles. The molecule has 1 atom stereocenters. The zero-order chi connectivity index (χ0) is 19.7. The molecule has 0 bridgehead atoms. The van der Waals surface area contributed by atoms with Crippen molar-refractivity contribution in [3.8, 4) is 0 Å². The molecule has 0 saturated carbocycles. The summed E-state index contributed by atoms with van der Waals surface area (Å²) in [5.41, 5.74) is 3.60. The van der Waals surface area contributed by atoms with E-state index in [2.05, 4.69) is 15.6 Å². The first-order valence-corrected chi connectivity index (χ1v) is 8.93. The van der Waals surface area contributed by atoms with Crippen LogP contribution in [0, 0.1) is 12.7 Å². The fourth-order valence-electron chi connectivity index (χ4n) is 3.46. The molecular weight excluding hydrogens is 357 g/mol. The molecule has 6 heteroatoms. The van der Waals surface area contributed by atoms with Crippen molar-refractivity contribution in [2.24, 2.45) is 0 Å². The topological polar surface area (TPSA) is 71.1 Å². The van der Waals surface area contributed by atoms with Crippen molar-refractivity contribution >= 4 is 28.4 Å². The summed E-state index contributed by atoms with van der Waals surface area (Å²) in [7, 11) is 0. The summed E-state index contributed by atoms with van der Waals surface area (Å²) in [6.45, 7) is 1.92. The van der Waals surface area contributed by atoms with E-state index in [-0.39, 0.29) is 24.1 Å². The summed E-state index contributed by atoms with van der Waals surface area (Å²) in [6, 6.07) is 13.3. The van der Waals surface area contributed by atoms with E-state index in [1.54, 1.807) is 18.3 Å². The Morgan fingerprint density at radius 2 is 1.96 bits per heavy atom. The molecule has 0 unspecified atom stereocenters. The van der Waals surface area contributed by atoms with Crippen molar-refractivity contribution in [1.29, 1.82) is 0 Å². The molecule has 5 nitrogen and oxygen atoms in total. The van der Waals surface area contributed by atoms with E-state index in [0.29, 0.717) is 11.3 Å². The molecule has 4 rings (SSSR count). The number of aryl methyl sites for hydroxylation is 1. The number of anilines is 1. The zero-order valence-electron chi connectivity index (χ0n) is 15.2. The maximum Gasteiger partial charge on any atom is 0.253 e. The second-order valence-corrected chi connectivity index (χ2v) is 6.74. The minimum atomic E-state index is -0.434. The smallest absolute Gasteiger partial charge is 0.253 e. The van der Waals surface area contributed by atoms with Gasteiger partial charge in [-0.3, -0.25) is 14.6 Å². The largest absolute Gasteiger partial charge is 0.332 e. The molecule has 2 amide bonds. The second-order valence-electron chi connectivity index (χ2n) is 6.74. The molecule has 2 N–H and O–H groups in total. The Balaban J connectivity index is 1.65. The number of benzene rings is 2. The Kier molecular flexibility index (Phi) is 4.61. The maximum absolute atomic E-state index is 13.3. The van der Waals surface area contributed by atoms with Crippen LogP contribution in [0.2, 0.25) is 0 Å². The van der Waals surface area contributed by atoms with Crippen LogP contribution in [0.25, 0.3) is 10.9 Å². The van der Waals surface area contributed by atoms with E-state index >= 15 is 0 Å². The van der Waals surface area contributed by atoms with Gasteiger partial charge >= 0.3 is 0 Å². The Morgan fingerprint density at radius 3 is 2.75 bits per heavy atom. The predicted octanol–water partition coefficient (Wildman–Crippen LogP) is 3.81. The molecule has 2 aromatic carbocycles. The highest BCUT2D eigenvalue weighted by Gasteiger charge is 2.29. The van der Waals surface area contributed by atoms with Gasteiger partial charge in [0.05, 0.1) is 5.52 Å². The minimum absolute atomic E-state index is 0.130. The van der Waals surface area contributed by atoms with Gasteiger partial charge < -0.3 is 10.6 Å². The highest BCUT2D eigenvalue weighted by atomic mass is 19.1. The first-order valence-electron chi connectivity index (χ1n) is 8.93. The standard InChI is InChI=1S/C22H18FN3O2/c1-13-16-3-2-10-24-20(16)9-8-19(13)26-22(28)18-12-25-21(27)11-17(18)14-4-6-15(23)7-5-14/h2-10,12,17H,11H2,1H3,(H,25,27)(H,26,28)/t17-/m0/s1. The molecule has 1 aliphatic rings. The number of hydrogen-bond donors (Lipinski definition) is 2. The lowest BCUT2D eigenvalue weighted by molar-refractivity contribution is -0.121. The lowest BCUT2D eigenvalue weighted by Crippen LogP contribution is -2.32. The zero-order valence-corrected chi connectivity index (χ0v) is 15.2. The third kappa shape index (κ3) is 3.36. The number of carbonyl (C=O) groups is 2. The van der Waals surface area contributed by atoms with Crippen LogP contribution in [-0.2, 0) is 9.59 Å². The van der Waals surface area contributed by atoms with Crippen LogP contribution in [0.15, 0.2) is 66.5 Å². The molecule has 3 aromatic rings. The number of nitrogens with one attached hydrogen (secondary N) is 2. The van der Waals surface area contributed by atoms with Crippen molar-refractivity contribution in [2.75, 3.05) is 5.32 Å². The van der Waals surface area contributed by atoms with Gasteiger partial charge in [-0.15, -0.1) is 0 Å². The van der Waals surface area contributed by atoms with Crippen LogP contribution < -0.4 is 10.6 Å². The predicted molar refractivity (Wildman–Crippen MR) is 105 cm³/mol. The molecular formula is C22H18FN3O2. The van der Waals surface area contributed by atoms with E-state index < -0.39 is 5.92 Å². The first-order chi connectivity index (χ1) is 13.5. The SMILES string of the molecule is Cc1c(NC(=O)C2=CNC(=O)C[C@H]2c2ccc(F)cc2)ccc2ncccc12. The van der Waals surface area contributed by atoms with Gasteiger partial charge in [-0.05, 0) is 48.4 Å². The summed E-state index contributed by atoms with van der Waals surface area (Å²) < 4.78 is 13.3. The number of fused-ring (bicyclic) bond motifs is 1. The average molecular weight is 375 g/mol. The molecule has 0 saturated heterocycles. The number of aromatic nitrogens is 1. The lowest BCUT2D eigenvalue weighted by Gasteiger charge is -2.24. The fourth-order valence-corrected chi connectivity index (χ4v) is 3.46. The molecule has 0 spiro atoms. The average Bonchev–Trinajstić information content (AvgIpc) is 2.71. The third-order valence-electron chi connectivity index (χ3n) is 4.99. The summed E-state index contributed by atoms with van der Waals surface area (Å²) >= 11 is 0. The molecule has 0 radical (unpaired) electrons. The van der Waals surface area contributed by atoms with Crippen molar-refractivity contribution < 1.29 is 14.0 Å². The molecule has 140 valence electrons. The number of halogens is 1. The minimum Gasteiger partial charge on any atom is -0.332 e. The quantitative estimate of drug-likeness (QED) is 0.731. The van der Waals surface area contributed by atoms with Crippen LogP contribution in [0.4, 0.5) is 10.1 Å². The van der Waals surface area contributed by atoms with Gasteiger partial charge in [-0.25, -0.2) is 4.39 Å². The van der Waals surface area contributed by atoms with Gasteiger partial charge in [0.15, 0.2) is 0 Å². The molecule has 28 heavy (non-hydrogen) atoms. The Labute approximate surface area is 161 Å². The monoisotopic (exact) mass is 375 g/mol. The van der Waals surface area contributed by atoms with Gasteiger partial charge in [-0.1, -0.05) is 18.2 Å². The summed E-state index contributed by atoms with van der Waals surface area (Å²) in [5.74, 6) is -1.28. The van der Waals surface area contributed by atoms with Crippen LogP contribution in [0.3, 0.4) is 0 Å². The maximum atomic E-state index is 13.3. The van der Waals surface area contributed by atoms with Crippen molar-refractivity contribution in [1.82, 2.24) is 10.3 Å². The van der Waals surface area contributed by atoms with Gasteiger partial charge in [0, 0.05) is 41.4 Å². The third-order valence-corrected chi connectivity index (χ3v) is 4.99. The normalized spacial score (nSPS) is 16.4. The highest BCUT2D eigenvalue weighted by Crippen LogP contribution is 2.32. The van der Waals surface area contributed by atoms with Gasteiger partial charge in [0.2, 0.25) is 5.91 Å². The Morgan fingerprint density at radius 1 is 1.18 bits per heavy atom. The first kappa shape index (κ1) is 17.9. The van der Waals surface area contributed by atoms with Crippen LogP contribution >= 0.6 is 0 Å². The van der Waals surface area contributed by atoms with Gasteiger partial charge in [0.25, 0.3) is 5.91 Å². The van der Waals surface area contributed by atoms with Crippen LogP contribution in [-0.4, -0.2) is 16.8 Å². The van der Waals surface area contributed by atoms with E-state index in [1.807, 2.05) is 31.2 Å². The van der Waals surface area contributed by atoms with Crippen molar-refractivity contribution in [3.05, 3.63) is 83.4 Å². The van der Waals surface area contributed by atoms with Crippen molar-refractivity contribution in [2.45, 2.75) is 19.3 Å². The second kappa shape index (κ2) is 7.23. The van der Waals surface area contributed by atoms with Crippen molar-refractivity contribution in [3.63, 3.8) is 0 Å². The molecule has 0 aliphatic carbocycles. The fraction of sp³-hybridized carbons (Fsp3) is 0.136. The highest BCUT2D eigenvalue weighted by molar-refractivity contribution is 6.07. The number of nitrogens with zero attached hydrogens (tertiary/aromatic N) is 1. The van der Waals surface area contributed by atoms with E-state index in [9.17, 15) is 14.0 Å². The molecule has 0 fully saturated rings. The number of pyridine rings is 1. The van der Waals surface area contributed by atoms with Crippen LogP contribution in [0.1, 0.15) is 23.5 Å². The Hall–Kier alpha value is -3.54. The van der Waals surface area contributed by atoms with E-state index in [1.165, 1.54) is 18.3 Å². The van der Waals surface area contributed by atoms with E-state index in [4.69, 9.17) is 0 Å². The van der Waals surface area contributed by atoms with Gasteiger partial charge in [0.1, 0.15) is 5.82 Å². The molecule has 1 aliphatic heterocycles. The van der Waals surface area contributed by atoms with Gasteiger partial charge in [-0.2, -0.15) is 0 Å². The Bertz CT molecular complexity index is 1110. The van der Waals surface area contributed by atoms with Crippen LogP contribution in [0.5, 0.6) is 0 Å². The molecule has 2 heterocycles. The summed E-state index contributed by atoms with van der Waals surface area (Å²) in [6.07, 6.45) is 3.29. The van der Waals surface area contributed by atoms with E-state index in [0.717, 1.165) is 22.0 Å². The summed E-state index contributed by atoms with van der Waals surface area (Å²) in [4.78, 5) is 29.2. The summed E-state index contributed by atoms with van der Waals surface area (Å²) in [5, 5.41) is 6.51. The lowest BCUT2D eigenvalue weighted by atomic mass is 9.86. The number of carbonyl (C=O) groups excluding carboxylic acids is 2.